The number of halogens is 3. The van der Waals surface area contributed by atoms with Crippen molar-refractivity contribution in [3.63, 3.8) is 0 Å². The van der Waals surface area contributed by atoms with Crippen LogP contribution in [0.1, 0.15) is 34.3 Å². The van der Waals surface area contributed by atoms with Gasteiger partial charge in [0.25, 0.3) is 0 Å². The van der Waals surface area contributed by atoms with Gasteiger partial charge in [0.1, 0.15) is 11.6 Å². The van der Waals surface area contributed by atoms with Crippen molar-refractivity contribution in [1.29, 1.82) is 0 Å². The Balaban J connectivity index is 1.17. The van der Waals surface area contributed by atoms with E-state index in [0.717, 1.165) is 34.6 Å². The number of ether oxygens (including phenoxy) is 2. The van der Waals surface area contributed by atoms with Gasteiger partial charge in [0, 0.05) is 59.4 Å². The highest BCUT2D eigenvalue weighted by Crippen LogP contribution is 2.29. The Bertz CT molecular complexity index is 1470. The number of carbonyl (C=O) groups is 1. The predicted molar refractivity (Wildman–Crippen MR) is 145 cm³/mol. The quantitative estimate of drug-likeness (QED) is 0.134. The largest absolute Gasteiger partial charge is 0.573 e. The maximum absolute atomic E-state index is 12.4. The van der Waals surface area contributed by atoms with Gasteiger partial charge in [0.15, 0.2) is 0 Å². The Morgan fingerprint density at radius 2 is 1.85 bits per heavy atom. The fraction of sp³-hybridized carbons (Fsp3) is 0.321. The van der Waals surface area contributed by atoms with Gasteiger partial charge in [-0.1, -0.05) is 12.1 Å². The molecule has 4 rings (SSSR count). The van der Waals surface area contributed by atoms with E-state index in [1.54, 1.807) is 24.5 Å². The van der Waals surface area contributed by atoms with Crippen LogP contribution in [-0.4, -0.2) is 53.6 Å². The lowest BCUT2D eigenvalue weighted by atomic mass is 10.1. The molecule has 0 saturated heterocycles. The number of primary amides is 1. The van der Waals surface area contributed by atoms with E-state index in [2.05, 4.69) is 25.3 Å². The summed E-state index contributed by atoms with van der Waals surface area (Å²) >= 11 is 0. The van der Waals surface area contributed by atoms with Crippen LogP contribution < -0.4 is 21.1 Å². The van der Waals surface area contributed by atoms with E-state index in [9.17, 15) is 23.1 Å². The second kappa shape index (κ2) is 13.4. The lowest BCUT2D eigenvalue weighted by molar-refractivity contribution is -0.275. The number of nitrogens with zero attached hydrogens (tertiary/aromatic N) is 2. The van der Waals surface area contributed by atoms with E-state index in [1.165, 1.54) is 18.2 Å². The van der Waals surface area contributed by atoms with E-state index >= 15 is 0 Å². The molecule has 12 heteroatoms. The standard InChI is InChI=1S/C28H30F3N5O4/c29-28(30,31)40-25-6-3-18(13-20(25)17-37)15-33-8-1-2-11-39-12-10-35-27-22-7-9-34-16-23(22)21-5-4-19(26(32)38)14-24(21)36-27/h3-7,9,13-14,16,33,37H,1-2,8,10-12,15,17H2,(H2,32,38)(H,35,36). The Morgan fingerprint density at radius 1 is 1.00 bits per heavy atom. The first kappa shape index (κ1) is 29.0. The summed E-state index contributed by atoms with van der Waals surface area (Å²) in [5.41, 5.74) is 7.28. The second-order valence-electron chi connectivity index (χ2n) is 9.05. The highest BCUT2D eigenvalue weighted by atomic mass is 19.4. The molecule has 2 aromatic heterocycles. The van der Waals surface area contributed by atoms with Crippen LogP contribution in [0.4, 0.5) is 19.0 Å². The number of unbranched alkanes of at least 4 members (excludes halogenated alkanes) is 1. The predicted octanol–water partition coefficient (Wildman–Crippen LogP) is 4.27. The molecule has 9 nitrogen and oxygen atoms in total. The number of aliphatic hydroxyl groups excluding tert-OH is 1. The van der Waals surface area contributed by atoms with E-state index in [1.807, 2.05) is 12.1 Å². The monoisotopic (exact) mass is 557 g/mol. The number of nitrogens with one attached hydrogen (secondary N) is 2. The zero-order valence-corrected chi connectivity index (χ0v) is 21.6. The summed E-state index contributed by atoms with van der Waals surface area (Å²) in [5, 5.41) is 18.6. The molecule has 212 valence electrons. The summed E-state index contributed by atoms with van der Waals surface area (Å²) in [6.45, 7) is 2.17. The molecule has 0 bridgehead atoms. The van der Waals surface area contributed by atoms with Gasteiger partial charge in [-0.25, -0.2) is 4.98 Å². The van der Waals surface area contributed by atoms with Gasteiger partial charge in [0.2, 0.25) is 5.91 Å². The summed E-state index contributed by atoms with van der Waals surface area (Å²) in [7, 11) is 0. The molecule has 0 radical (unpaired) electrons. The van der Waals surface area contributed by atoms with Crippen LogP contribution in [0.5, 0.6) is 5.75 Å². The average molecular weight is 558 g/mol. The number of amides is 1. The van der Waals surface area contributed by atoms with Crippen molar-refractivity contribution in [1.82, 2.24) is 15.3 Å². The van der Waals surface area contributed by atoms with Crippen molar-refractivity contribution >= 4 is 33.4 Å². The molecule has 0 aliphatic rings. The molecule has 0 aliphatic heterocycles. The van der Waals surface area contributed by atoms with Crippen molar-refractivity contribution in [3.05, 3.63) is 71.5 Å². The molecule has 0 unspecified atom stereocenters. The molecular formula is C28H30F3N5O4. The number of nitrogens with two attached hydrogens (primary N) is 1. The van der Waals surface area contributed by atoms with Crippen LogP contribution >= 0.6 is 0 Å². The maximum atomic E-state index is 12.4. The van der Waals surface area contributed by atoms with E-state index in [0.29, 0.717) is 49.7 Å². The fourth-order valence-electron chi connectivity index (χ4n) is 4.26. The third-order valence-corrected chi connectivity index (χ3v) is 6.16. The number of benzene rings is 2. The third kappa shape index (κ3) is 7.78. The summed E-state index contributed by atoms with van der Waals surface area (Å²) < 4.78 is 47.0. The molecular weight excluding hydrogens is 527 g/mol. The zero-order chi connectivity index (χ0) is 28.5. The summed E-state index contributed by atoms with van der Waals surface area (Å²) in [6.07, 6.45) is 0.334. The van der Waals surface area contributed by atoms with Gasteiger partial charge in [0.05, 0.1) is 18.7 Å². The molecule has 0 atom stereocenters. The van der Waals surface area contributed by atoms with Crippen LogP contribution in [-0.2, 0) is 17.9 Å². The third-order valence-electron chi connectivity index (χ3n) is 6.16. The first-order valence-electron chi connectivity index (χ1n) is 12.7. The Morgan fingerprint density at radius 3 is 2.62 bits per heavy atom. The van der Waals surface area contributed by atoms with Crippen LogP contribution in [0, 0.1) is 0 Å². The van der Waals surface area contributed by atoms with Gasteiger partial charge in [-0.2, -0.15) is 0 Å². The number of alkyl halides is 3. The average Bonchev–Trinajstić information content (AvgIpc) is 2.93. The van der Waals surface area contributed by atoms with Gasteiger partial charge in [-0.15, -0.1) is 13.2 Å². The first-order chi connectivity index (χ1) is 19.2. The zero-order valence-electron chi connectivity index (χ0n) is 21.6. The Kier molecular flexibility index (Phi) is 9.70. The molecule has 0 fully saturated rings. The number of rotatable bonds is 14. The molecule has 2 aromatic carbocycles. The molecule has 5 N–H and O–H groups in total. The van der Waals surface area contributed by atoms with Gasteiger partial charge in [-0.05, 0) is 55.3 Å². The van der Waals surface area contributed by atoms with E-state index < -0.39 is 24.6 Å². The minimum atomic E-state index is -4.81. The van der Waals surface area contributed by atoms with Crippen molar-refractivity contribution < 1.29 is 32.5 Å². The molecule has 2 heterocycles. The van der Waals surface area contributed by atoms with Crippen LogP contribution in [0.25, 0.3) is 21.7 Å². The van der Waals surface area contributed by atoms with Crippen molar-refractivity contribution in [2.75, 3.05) is 31.6 Å². The van der Waals surface area contributed by atoms with Gasteiger partial charge < -0.3 is 30.9 Å². The topological polar surface area (TPSA) is 132 Å². The normalized spacial score (nSPS) is 11.7. The fourth-order valence-corrected chi connectivity index (χ4v) is 4.26. The number of anilines is 1. The number of aliphatic hydroxyl groups is 1. The number of hydrogen-bond donors (Lipinski definition) is 4. The second-order valence-corrected chi connectivity index (χ2v) is 9.05. The number of hydrogen-bond acceptors (Lipinski definition) is 8. The van der Waals surface area contributed by atoms with Crippen LogP contribution in [0.2, 0.25) is 0 Å². The smallest absolute Gasteiger partial charge is 0.405 e. The SMILES string of the molecule is NC(=O)c1ccc2c(c1)nc(NCCOCCCCNCc1ccc(OC(F)(F)F)c(CO)c1)c1ccncc12. The molecule has 0 saturated carbocycles. The number of fused-ring (bicyclic) bond motifs is 3. The van der Waals surface area contributed by atoms with Gasteiger partial charge >= 0.3 is 6.36 Å². The summed E-state index contributed by atoms with van der Waals surface area (Å²) in [4.78, 5) is 20.5. The highest BCUT2D eigenvalue weighted by Gasteiger charge is 2.32. The molecule has 0 aliphatic carbocycles. The minimum Gasteiger partial charge on any atom is -0.405 e. The first-order valence-corrected chi connectivity index (χ1v) is 12.7. The molecule has 0 spiro atoms. The number of carbonyl (C=O) groups excluding carboxylic acids is 1. The van der Waals surface area contributed by atoms with Gasteiger partial charge in [-0.3, -0.25) is 9.78 Å². The Labute approximate surface area is 228 Å². The maximum Gasteiger partial charge on any atom is 0.573 e. The van der Waals surface area contributed by atoms with Crippen molar-refractivity contribution in [2.24, 2.45) is 5.73 Å². The molecule has 40 heavy (non-hydrogen) atoms. The highest BCUT2D eigenvalue weighted by molar-refractivity contribution is 6.11. The van der Waals surface area contributed by atoms with E-state index in [-0.39, 0.29) is 5.56 Å². The molecule has 4 aromatic rings. The lowest BCUT2D eigenvalue weighted by Crippen LogP contribution is -2.19. The van der Waals surface area contributed by atoms with Crippen molar-refractivity contribution in [2.45, 2.75) is 32.4 Å². The van der Waals surface area contributed by atoms with E-state index in [4.69, 9.17) is 10.5 Å². The number of aromatic nitrogens is 2. The van der Waals surface area contributed by atoms with Crippen LogP contribution in [0.15, 0.2) is 54.9 Å². The Hall–Kier alpha value is -4.00. The van der Waals surface area contributed by atoms with Crippen molar-refractivity contribution in [3.8, 4) is 5.75 Å². The van der Waals surface area contributed by atoms with Crippen LogP contribution in [0.3, 0.4) is 0 Å². The lowest BCUT2D eigenvalue weighted by Gasteiger charge is -2.14. The number of pyridine rings is 2. The minimum absolute atomic E-state index is 0.0811. The summed E-state index contributed by atoms with van der Waals surface area (Å²) in [6, 6.07) is 11.3. The molecule has 1 amide bonds. The summed E-state index contributed by atoms with van der Waals surface area (Å²) in [5.74, 6) is -0.247.